The van der Waals surface area contributed by atoms with Gasteiger partial charge in [-0.05, 0) is 29.1 Å². The molecule has 1 heterocycles. The second kappa shape index (κ2) is 8.09. The van der Waals surface area contributed by atoms with Gasteiger partial charge in [-0.2, -0.15) is 0 Å². The molecule has 0 saturated heterocycles. The van der Waals surface area contributed by atoms with Crippen LogP contribution in [-0.2, 0) is 16.0 Å². The summed E-state index contributed by atoms with van der Waals surface area (Å²) >= 11 is 1.35. The van der Waals surface area contributed by atoms with Crippen molar-refractivity contribution in [3.05, 3.63) is 52.2 Å². The van der Waals surface area contributed by atoms with Crippen LogP contribution in [0.4, 0.5) is 5.69 Å². The van der Waals surface area contributed by atoms with Crippen LogP contribution in [0.3, 0.4) is 0 Å². The third-order valence-electron chi connectivity index (χ3n) is 3.00. The molecule has 6 nitrogen and oxygen atoms in total. The number of rotatable bonds is 7. The van der Waals surface area contributed by atoms with E-state index in [-0.39, 0.29) is 31.2 Å². The SMILES string of the molecule is NC(=O)Cc1ccc(NC(=O)CCNC(=O)c2cccs2)cc1. The van der Waals surface area contributed by atoms with Crippen molar-refractivity contribution in [2.45, 2.75) is 12.8 Å². The average Bonchev–Trinajstić information content (AvgIpc) is 3.03. The van der Waals surface area contributed by atoms with Crippen LogP contribution < -0.4 is 16.4 Å². The molecule has 1 aromatic carbocycles. The Morgan fingerprint density at radius 1 is 1.09 bits per heavy atom. The lowest BCUT2D eigenvalue weighted by atomic mass is 10.1. The van der Waals surface area contributed by atoms with Crippen LogP contribution in [0.5, 0.6) is 0 Å². The van der Waals surface area contributed by atoms with Crippen molar-refractivity contribution in [1.82, 2.24) is 5.32 Å². The standard InChI is InChI=1S/C16H17N3O3S/c17-14(20)10-11-3-5-12(6-4-11)19-15(21)7-8-18-16(22)13-2-1-9-23-13/h1-6,9H,7-8,10H2,(H2,17,20)(H,18,22)(H,19,21). The molecule has 0 atom stereocenters. The van der Waals surface area contributed by atoms with E-state index < -0.39 is 5.91 Å². The second-order valence-electron chi connectivity index (χ2n) is 4.87. The number of hydrogen-bond donors (Lipinski definition) is 3. The van der Waals surface area contributed by atoms with Crippen molar-refractivity contribution in [3.63, 3.8) is 0 Å². The van der Waals surface area contributed by atoms with Crippen LogP contribution >= 0.6 is 11.3 Å². The summed E-state index contributed by atoms with van der Waals surface area (Å²) in [4.78, 5) is 34.9. The minimum absolute atomic E-state index is 0.170. The summed E-state index contributed by atoms with van der Waals surface area (Å²) in [5.41, 5.74) is 6.54. The maximum absolute atomic E-state index is 11.8. The molecule has 3 amide bonds. The molecular weight excluding hydrogens is 314 g/mol. The molecule has 0 unspecified atom stereocenters. The van der Waals surface area contributed by atoms with Crippen LogP contribution in [0.15, 0.2) is 41.8 Å². The highest BCUT2D eigenvalue weighted by atomic mass is 32.1. The highest BCUT2D eigenvalue weighted by molar-refractivity contribution is 7.12. The van der Waals surface area contributed by atoms with Gasteiger partial charge < -0.3 is 16.4 Å². The maximum atomic E-state index is 11.8. The molecule has 0 fully saturated rings. The van der Waals surface area contributed by atoms with Gasteiger partial charge in [-0.3, -0.25) is 14.4 Å². The first-order valence-electron chi connectivity index (χ1n) is 7.03. The van der Waals surface area contributed by atoms with Crippen LogP contribution in [0.1, 0.15) is 21.7 Å². The molecule has 0 aliphatic heterocycles. The summed E-state index contributed by atoms with van der Waals surface area (Å²) in [6, 6.07) is 10.4. The Balaban J connectivity index is 1.74. The van der Waals surface area contributed by atoms with Gasteiger partial charge in [0.2, 0.25) is 11.8 Å². The monoisotopic (exact) mass is 331 g/mol. The molecule has 0 bridgehead atoms. The number of carbonyl (C=O) groups excluding carboxylic acids is 3. The molecular formula is C16H17N3O3S. The lowest BCUT2D eigenvalue weighted by molar-refractivity contribution is -0.117. The third-order valence-corrected chi connectivity index (χ3v) is 3.87. The number of nitrogens with one attached hydrogen (secondary N) is 2. The molecule has 0 aliphatic rings. The first kappa shape index (κ1) is 16.7. The average molecular weight is 331 g/mol. The molecule has 0 spiro atoms. The second-order valence-corrected chi connectivity index (χ2v) is 5.82. The van der Waals surface area contributed by atoms with Crippen molar-refractivity contribution >= 4 is 34.7 Å². The molecule has 0 radical (unpaired) electrons. The fourth-order valence-corrected chi connectivity index (χ4v) is 2.56. The van der Waals surface area contributed by atoms with Gasteiger partial charge in [0.15, 0.2) is 0 Å². The summed E-state index contributed by atoms with van der Waals surface area (Å²) < 4.78 is 0. The number of nitrogens with two attached hydrogens (primary N) is 1. The Labute approximate surface area is 137 Å². The molecule has 0 aliphatic carbocycles. The number of anilines is 1. The van der Waals surface area contributed by atoms with Gasteiger partial charge in [0.25, 0.3) is 5.91 Å². The summed E-state index contributed by atoms with van der Waals surface area (Å²) in [6.45, 7) is 0.266. The lowest BCUT2D eigenvalue weighted by Gasteiger charge is -2.07. The molecule has 4 N–H and O–H groups in total. The number of hydrogen-bond acceptors (Lipinski definition) is 4. The number of primary amides is 1. The predicted molar refractivity (Wildman–Crippen MR) is 89.2 cm³/mol. The maximum Gasteiger partial charge on any atom is 0.261 e. The Bertz CT molecular complexity index is 681. The first-order valence-corrected chi connectivity index (χ1v) is 7.91. The minimum Gasteiger partial charge on any atom is -0.369 e. The molecule has 1 aromatic heterocycles. The first-order chi connectivity index (χ1) is 11.0. The van der Waals surface area contributed by atoms with Crippen molar-refractivity contribution in [1.29, 1.82) is 0 Å². The van der Waals surface area contributed by atoms with E-state index >= 15 is 0 Å². The van der Waals surface area contributed by atoms with Gasteiger partial charge in [0.1, 0.15) is 0 Å². The molecule has 2 rings (SSSR count). The van der Waals surface area contributed by atoms with E-state index in [1.54, 1.807) is 36.4 Å². The largest absolute Gasteiger partial charge is 0.369 e. The molecule has 7 heteroatoms. The number of benzene rings is 1. The molecule has 2 aromatic rings. The van der Waals surface area contributed by atoms with Gasteiger partial charge in [-0.25, -0.2) is 0 Å². The van der Waals surface area contributed by atoms with E-state index in [1.165, 1.54) is 11.3 Å². The van der Waals surface area contributed by atoms with Crippen molar-refractivity contribution in [2.75, 3.05) is 11.9 Å². The van der Waals surface area contributed by atoms with E-state index in [2.05, 4.69) is 10.6 Å². The predicted octanol–water partition coefficient (Wildman–Crippen LogP) is 1.53. The molecule has 120 valence electrons. The van der Waals surface area contributed by atoms with Crippen molar-refractivity contribution in [3.8, 4) is 0 Å². The van der Waals surface area contributed by atoms with Crippen LogP contribution in [-0.4, -0.2) is 24.3 Å². The third kappa shape index (κ3) is 5.55. The normalized spacial score (nSPS) is 10.1. The van der Waals surface area contributed by atoms with E-state index in [1.807, 2.05) is 5.38 Å². The summed E-state index contributed by atoms with van der Waals surface area (Å²) in [5, 5.41) is 7.24. The minimum atomic E-state index is -0.400. The zero-order chi connectivity index (χ0) is 16.7. The quantitative estimate of drug-likeness (QED) is 0.717. The Kier molecular flexibility index (Phi) is 5.87. The number of thiophene rings is 1. The highest BCUT2D eigenvalue weighted by Gasteiger charge is 2.07. The Morgan fingerprint density at radius 3 is 2.43 bits per heavy atom. The van der Waals surface area contributed by atoms with Crippen LogP contribution in [0.2, 0.25) is 0 Å². The van der Waals surface area contributed by atoms with Gasteiger partial charge >= 0.3 is 0 Å². The lowest BCUT2D eigenvalue weighted by Crippen LogP contribution is -2.27. The molecule has 0 saturated carbocycles. The van der Waals surface area contributed by atoms with E-state index in [0.29, 0.717) is 10.6 Å². The van der Waals surface area contributed by atoms with Gasteiger partial charge in [-0.1, -0.05) is 18.2 Å². The van der Waals surface area contributed by atoms with Crippen LogP contribution in [0, 0.1) is 0 Å². The number of amides is 3. The summed E-state index contributed by atoms with van der Waals surface area (Å²) in [7, 11) is 0. The van der Waals surface area contributed by atoms with Gasteiger partial charge in [-0.15, -0.1) is 11.3 Å². The summed E-state index contributed by atoms with van der Waals surface area (Å²) in [5.74, 6) is -0.772. The van der Waals surface area contributed by atoms with Gasteiger partial charge in [0.05, 0.1) is 11.3 Å². The summed E-state index contributed by atoms with van der Waals surface area (Å²) in [6.07, 6.45) is 0.350. The van der Waals surface area contributed by atoms with Crippen LogP contribution in [0.25, 0.3) is 0 Å². The smallest absolute Gasteiger partial charge is 0.261 e. The highest BCUT2D eigenvalue weighted by Crippen LogP contribution is 2.10. The Morgan fingerprint density at radius 2 is 1.83 bits per heavy atom. The zero-order valence-electron chi connectivity index (χ0n) is 12.4. The van der Waals surface area contributed by atoms with E-state index in [9.17, 15) is 14.4 Å². The topological polar surface area (TPSA) is 101 Å². The molecule has 23 heavy (non-hydrogen) atoms. The van der Waals surface area contributed by atoms with E-state index in [4.69, 9.17) is 5.73 Å². The fourth-order valence-electron chi connectivity index (χ4n) is 1.92. The zero-order valence-corrected chi connectivity index (χ0v) is 13.2. The number of carbonyl (C=O) groups is 3. The van der Waals surface area contributed by atoms with Crippen molar-refractivity contribution < 1.29 is 14.4 Å². The van der Waals surface area contributed by atoms with Crippen molar-refractivity contribution in [2.24, 2.45) is 5.73 Å². The fraction of sp³-hybridized carbons (Fsp3) is 0.188. The van der Waals surface area contributed by atoms with Gasteiger partial charge in [0, 0.05) is 18.7 Å². The Hall–Kier alpha value is -2.67. The van der Waals surface area contributed by atoms with E-state index in [0.717, 1.165) is 5.56 Å².